The van der Waals surface area contributed by atoms with Crippen LogP contribution in [0.3, 0.4) is 0 Å². The molecule has 1 heterocycles. The Morgan fingerprint density at radius 3 is 2.81 bits per heavy atom. The van der Waals surface area contributed by atoms with Crippen molar-refractivity contribution in [1.82, 2.24) is 4.98 Å². The van der Waals surface area contributed by atoms with Gasteiger partial charge in [0.2, 0.25) is 5.91 Å². The number of methoxy groups -OCH3 is 1. The molecule has 0 saturated heterocycles. The molecule has 0 aliphatic heterocycles. The van der Waals surface area contributed by atoms with E-state index in [-0.39, 0.29) is 11.8 Å². The maximum absolute atomic E-state index is 12.6. The number of rotatable bonds is 6. The van der Waals surface area contributed by atoms with E-state index in [0.29, 0.717) is 29.1 Å². The molecule has 140 valence electrons. The molecule has 0 spiro atoms. The van der Waals surface area contributed by atoms with Crippen LogP contribution in [0.1, 0.15) is 36.3 Å². The number of carbonyl (C=O) groups is 1. The molecule has 1 aliphatic rings. The number of oxazole rings is 1. The van der Waals surface area contributed by atoms with Crippen LogP contribution < -0.4 is 15.8 Å². The fraction of sp³-hybridized carbons (Fsp3) is 0.333. The Kier molecular flexibility index (Phi) is 4.48. The molecule has 2 aromatic carbocycles. The van der Waals surface area contributed by atoms with Crippen molar-refractivity contribution in [3.8, 4) is 5.75 Å². The van der Waals surface area contributed by atoms with Crippen molar-refractivity contribution in [2.24, 2.45) is 5.92 Å². The predicted molar refractivity (Wildman–Crippen MR) is 103 cm³/mol. The van der Waals surface area contributed by atoms with E-state index in [1.54, 1.807) is 25.3 Å². The molecular formula is C21H22N2O4. The zero-order valence-corrected chi connectivity index (χ0v) is 15.4. The fourth-order valence-corrected chi connectivity index (χ4v) is 3.62. The van der Waals surface area contributed by atoms with Gasteiger partial charge in [0.1, 0.15) is 5.75 Å². The minimum atomic E-state index is -0.503. The van der Waals surface area contributed by atoms with Crippen LogP contribution in [-0.2, 0) is 4.79 Å². The number of ether oxygens (including phenoxy) is 1. The summed E-state index contributed by atoms with van der Waals surface area (Å²) in [7, 11) is 1.66. The normalized spacial score (nSPS) is 14.9. The van der Waals surface area contributed by atoms with Crippen molar-refractivity contribution in [2.45, 2.75) is 32.1 Å². The Morgan fingerprint density at radius 2 is 2.11 bits per heavy atom. The van der Waals surface area contributed by atoms with Gasteiger partial charge in [0.05, 0.1) is 12.6 Å². The molecule has 1 atom stereocenters. The molecule has 1 aromatic heterocycles. The van der Waals surface area contributed by atoms with Crippen LogP contribution in [0.25, 0.3) is 11.1 Å². The Morgan fingerprint density at radius 1 is 1.30 bits per heavy atom. The second-order valence-electron chi connectivity index (χ2n) is 7.15. The number of hydrogen-bond acceptors (Lipinski definition) is 4. The zero-order valence-electron chi connectivity index (χ0n) is 15.4. The van der Waals surface area contributed by atoms with Crippen LogP contribution in [0.2, 0.25) is 0 Å². The first-order chi connectivity index (χ1) is 13.0. The Hall–Kier alpha value is -3.02. The lowest BCUT2D eigenvalue weighted by Crippen LogP contribution is -2.17. The number of fused-ring (bicyclic) bond motifs is 1. The summed E-state index contributed by atoms with van der Waals surface area (Å²) in [5.41, 5.74) is 3.92. The van der Waals surface area contributed by atoms with Crippen molar-refractivity contribution in [3.63, 3.8) is 0 Å². The Bertz CT molecular complexity index is 1050. The van der Waals surface area contributed by atoms with Crippen molar-refractivity contribution >= 4 is 22.7 Å². The molecule has 1 amide bonds. The van der Waals surface area contributed by atoms with Crippen LogP contribution in [0.4, 0.5) is 5.69 Å². The molecule has 6 heteroatoms. The molecule has 0 radical (unpaired) electrons. The lowest BCUT2D eigenvalue weighted by Gasteiger charge is -2.18. The van der Waals surface area contributed by atoms with Gasteiger partial charge in [0, 0.05) is 18.2 Å². The third-order valence-electron chi connectivity index (χ3n) is 5.15. The largest absolute Gasteiger partial charge is 0.496 e. The maximum atomic E-state index is 12.6. The van der Waals surface area contributed by atoms with Crippen LogP contribution in [0.5, 0.6) is 5.75 Å². The summed E-state index contributed by atoms with van der Waals surface area (Å²) in [5.74, 6) is 1.06. The summed E-state index contributed by atoms with van der Waals surface area (Å²) in [6, 6.07) is 11.3. The summed E-state index contributed by atoms with van der Waals surface area (Å²) in [6.07, 6.45) is 2.73. The van der Waals surface area contributed by atoms with E-state index in [2.05, 4.69) is 22.4 Å². The number of aromatic nitrogens is 1. The molecule has 27 heavy (non-hydrogen) atoms. The monoisotopic (exact) mass is 366 g/mol. The lowest BCUT2D eigenvalue weighted by molar-refractivity contribution is -0.116. The molecule has 0 bridgehead atoms. The summed E-state index contributed by atoms with van der Waals surface area (Å²) in [5, 5.41) is 2.92. The number of aryl methyl sites for hydroxylation is 1. The number of nitrogens with one attached hydrogen (secondary N) is 2. The molecule has 4 rings (SSSR count). The van der Waals surface area contributed by atoms with E-state index in [0.717, 1.165) is 24.2 Å². The van der Waals surface area contributed by atoms with E-state index >= 15 is 0 Å². The van der Waals surface area contributed by atoms with E-state index in [4.69, 9.17) is 9.15 Å². The van der Waals surface area contributed by atoms with Crippen LogP contribution >= 0.6 is 0 Å². The number of aromatic amines is 1. The first-order valence-corrected chi connectivity index (χ1v) is 9.11. The number of hydrogen-bond donors (Lipinski definition) is 2. The van der Waals surface area contributed by atoms with Gasteiger partial charge in [-0.1, -0.05) is 12.1 Å². The molecule has 1 saturated carbocycles. The highest BCUT2D eigenvalue weighted by atomic mass is 16.5. The number of amides is 1. The SMILES string of the molecule is COc1ccc(C(CC(=O)Nc2ccc3[nH]c(=O)oc3c2)C2CC2)cc1C. The fourth-order valence-electron chi connectivity index (χ4n) is 3.62. The van der Waals surface area contributed by atoms with Gasteiger partial charge < -0.3 is 14.5 Å². The van der Waals surface area contributed by atoms with Gasteiger partial charge in [-0.2, -0.15) is 0 Å². The highest BCUT2D eigenvalue weighted by molar-refractivity contribution is 5.93. The van der Waals surface area contributed by atoms with Crippen molar-refractivity contribution in [2.75, 3.05) is 12.4 Å². The van der Waals surface area contributed by atoms with Gasteiger partial charge in [0.25, 0.3) is 0 Å². The summed E-state index contributed by atoms with van der Waals surface area (Å²) in [4.78, 5) is 26.5. The van der Waals surface area contributed by atoms with E-state index in [1.807, 2.05) is 13.0 Å². The van der Waals surface area contributed by atoms with Crippen molar-refractivity contribution in [3.05, 3.63) is 58.1 Å². The Balaban J connectivity index is 1.50. The molecule has 2 N–H and O–H groups in total. The van der Waals surface area contributed by atoms with Gasteiger partial charge in [-0.15, -0.1) is 0 Å². The number of H-pyrrole nitrogens is 1. The maximum Gasteiger partial charge on any atom is 0.417 e. The topological polar surface area (TPSA) is 84.3 Å². The third-order valence-corrected chi connectivity index (χ3v) is 5.15. The molecule has 1 fully saturated rings. The predicted octanol–water partition coefficient (Wildman–Crippen LogP) is 3.96. The molecular weight excluding hydrogens is 344 g/mol. The average Bonchev–Trinajstić information content (AvgIpc) is 3.40. The molecule has 1 unspecified atom stereocenters. The zero-order chi connectivity index (χ0) is 19.0. The van der Waals surface area contributed by atoms with E-state index in [1.165, 1.54) is 5.56 Å². The number of anilines is 1. The van der Waals surface area contributed by atoms with E-state index < -0.39 is 5.76 Å². The van der Waals surface area contributed by atoms with Gasteiger partial charge in [-0.3, -0.25) is 9.78 Å². The third kappa shape index (κ3) is 3.74. The summed E-state index contributed by atoms with van der Waals surface area (Å²) in [6.45, 7) is 2.02. The second kappa shape index (κ2) is 6.95. The number of benzene rings is 2. The minimum absolute atomic E-state index is 0.0439. The van der Waals surface area contributed by atoms with Gasteiger partial charge in [-0.25, -0.2) is 4.79 Å². The standard InChI is InChI=1S/C21H22N2O4/c1-12-9-14(5-8-18(12)26-2)16(13-3-4-13)11-20(24)22-15-6-7-17-19(10-15)27-21(25)23-17/h5-10,13,16H,3-4,11H2,1-2H3,(H,22,24)(H,23,25). The van der Waals surface area contributed by atoms with Gasteiger partial charge >= 0.3 is 5.76 Å². The highest BCUT2D eigenvalue weighted by Crippen LogP contribution is 2.45. The molecule has 6 nitrogen and oxygen atoms in total. The summed E-state index contributed by atoms with van der Waals surface area (Å²) < 4.78 is 10.4. The first-order valence-electron chi connectivity index (χ1n) is 9.11. The van der Waals surface area contributed by atoms with Gasteiger partial charge in [0.15, 0.2) is 5.58 Å². The molecule has 1 aliphatic carbocycles. The smallest absolute Gasteiger partial charge is 0.417 e. The van der Waals surface area contributed by atoms with Crippen molar-refractivity contribution in [1.29, 1.82) is 0 Å². The van der Waals surface area contributed by atoms with Gasteiger partial charge in [-0.05, 0) is 60.9 Å². The summed E-state index contributed by atoms with van der Waals surface area (Å²) >= 11 is 0. The van der Waals surface area contributed by atoms with Crippen LogP contribution in [0.15, 0.2) is 45.6 Å². The lowest BCUT2D eigenvalue weighted by atomic mass is 9.89. The quantitative estimate of drug-likeness (QED) is 0.691. The first kappa shape index (κ1) is 17.4. The Labute approximate surface area is 156 Å². The van der Waals surface area contributed by atoms with E-state index in [9.17, 15) is 9.59 Å². The highest BCUT2D eigenvalue weighted by Gasteiger charge is 2.34. The number of carbonyl (C=O) groups excluding carboxylic acids is 1. The van der Waals surface area contributed by atoms with Crippen LogP contribution in [0, 0.1) is 12.8 Å². The van der Waals surface area contributed by atoms with Crippen molar-refractivity contribution < 1.29 is 13.9 Å². The molecule has 3 aromatic rings. The second-order valence-corrected chi connectivity index (χ2v) is 7.15. The minimum Gasteiger partial charge on any atom is -0.496 e. The van der Waals surface area contributed by atoms with Crippen LogP contribution in [-0.4, -0.2) is 18.0 Å². The average molecular weight is 366 g/mol.